The average Bonchev–Trinajstić information content (AvgIpc) is 0.811. The van der Waals surface area contributed by atoms with Crippen LogP contribution in [-0.4, -0.2) is 22.5 Å². The summed E-state index contributed by atoms with van der Waals surface area (Å²) in [6.45, 7) is 3.22. The molecule has 0 spiro atoms. The number of hydrogen-bond donors (Lipinski definition) is 0. The van der Waals surface area contributed by atoms with E-state index >= 15 is 0 Å². The van der Waals surface area contributed by atoms with Crippen LogP contribution in [0.2, 0.25) is 0 Å². The Labute approximate surface area is 67.6 Å². The van der Waals surface area contributed by atoms with Crippen molar-refractivity contribution in [3.8, 4) is 0 Å². The van der Waals surface area contributed by atoms with Gasteiger partial charge in [0.1, 0.15) is 0 Å². The third kappa shape index (κ3) is 434. The minimum Gasteiger partial charge on any atom is -0.870 e. The molecule has 8 heavy (non-hydrogen) atoms. The van der Waals surface area contributed by atoms with Gasteiger partial charge in [-0.25, -0.2) is 0 Å². The molecule has 5 heteroatoms. The van der Waals surface area contributed by atoms with Crippen LogP contribution >= 0.6 is 0 Å². The van der Waals surface area contributed by atoms with Gasteiger partial charge in [-0.05, 0) is 0 Å². The smallest absolute Gasteiger partial charge is 0.870 e. The standard InChI is InChI=1S/C3H7O.Hf.3H2O/c1-3(2)4;;;;/h3H,1-2H3;;3*1H2/q-1;+4;;;/p-3. The molecule has 50 valence electrons. The first-order valence-corrected chi connectivity index (χ1v) is 1.39. The summed E-state index contributed by atoms with van der Waals surface area (Å²) in [5.74, 6) is 0. The van der Waals surface area contributed by atoms with Crippen LogP contribution in [0, 0.1) is 0 Å². The van der Waals surface area contributed by atoms with E-state index in [1.54, 1.807) is 13.8 Å². The Morgan fingerprint density at radius 2 is 1.00 bits per heavy atom. The van der Waals surface area contributed by atoms with E-state index < -0.39 is 6.10 Å². The van der Waals surface area contributed by atoms with Crippen molar-refractivity contribution >= 4 is 0 Å². The van der Waals surface area contributed by atoms with Crippen LogP contribution < -0.4 is 5.11 Å². The van der Waals surface area contributed by atoms with Gasteiger partial charge >= 0.3 is 25.8 Å². The van der Waals surface area contributed by atoms with Gasteiger partial charge < -0.3 is 21.5 Å². The zero-order chi connectivity index (χ0) is 3.58. The van der Waals surface area contributed by atoms with Crippen molar-refractivity contribution in [2.45, 2.75) is 20.0 Å². The van der Waals surface area contributed by atoms with E-state index in [9.17, 15) is 5.11 Å². The summed E-state index contributed by atoms with van der Waals surface area (Å²) in [5.41, 5.74) is 0. The SMILES string of the molecule is CC(C)[O-].[Hf+4].[OH-].[OH-].[OH-]. The molecule has 0 aromatic carbocycles. The minimum absolute atomic E-state index is 0. The maximum absolute atomic E-state index is 9.53. The molecule has 0 rings (SSSR count). The van der Waals surface area contributed by atoms with Crippen molar-refractivity contribution < 1.29 is 47.4 Å². The Hall–Kier alpha value is 0.710. The predicted molar refractivity (Wildman–Crippen MR) is 20.9 cm³/mol. The second-order valence-electron chi connectivity index (χ2n) is 1.05. The molecule has 0 atom stereocenters. The van der Waals surface area contributed by atoms with Crippen LogP contribution in [0.15, 0.2) is 0 Å². The van der Waals surface area contributed by atoms with Gasteiger partial charge in [-0.3, -0.25) is 0 Å². The van der Waals surface area contributed by atoms with Gasteiger partial charge in [-0.2, -0.15) is 0 Å². The first-order chi connectivity index (χ1) is 1.73. The Morgan fingerprint density at radius 3 is 1.00 bits per heavy atom. The van der Waals surface area contributed by atoms with E-state index in [1.165, 1.54) is 0 Å². The van der Waals surface area contributed by atoms with Gasteiger partial charge in [0.25, 0.3) is 0 Å². The van der Waals surface area contributed by atoms with Crippen LogP contribution in [-0.2, 0) is 25.8 Å². The molecule has 0 bridgehead atoms. The van der Waals surface area contributed by atoms with Gasteiger partial charge in [0, 0.05) is 0 Å². The van der Waals surface area contributed by atoms with E-state index in [-0.39, 0.29) is 42.3 Å². The number of rotatable bonds is 0. The molecule has 0 heterocycles. The summed E-state index contributed by atoms with van der Waals surface area (Å²) in [4.78, 5) is 0. The molecule has 0 amide bonds. The van der Waals surface area contributed by atoms with Crippen LogP contribution in [0.3, 0.4) is 0 Å². The summed E-state index contributed by atoms with van der Waals surface area (Å²) >= 11 is 0. The molecule has 0 aromatic heterocycles. The first-order valence-electron chi connectivity index (χ1n) is 1.39. The maximum atomic E-state index is 9.53. The molecular formula is C3H10HfO4. The summed E-state index contributed by atoms with van der Waals surface area (Å²) in [6, 6.07) is 0. The van der Waals surface area contributed by atoms with Crippen molar-refractivity contribution in [3.05, 3.63) is 0 Å². The van der Waals surface area contributed by atoms with E-state index in [4.69, 9.17) is 0 Å². The summed E-state index contributed by atoms with van der Waals surface area (Å²) in [7, 11) is 0. The van der Waals surface area contributed by atoms with Crippen molar-refractivity contribution in [3.63, 3.8) is 0 Å². The Morgan fingerprint density at radius 1 is 1.00 bits per heavy atom. The van der Waals surface area contributed by atoms with Crippen molar-refractivity contribution in [2.24, 2.45) is 0 Å². The van der Waals surface area contributed by atoms with Crippen molar-refractivity contribution in [2.75, 3.05) is 0 Å². The maximum Gasteiger partial charge on any atom is 4.00 e. The fraction of sp³-hybridized carbons (Fsp3) is 1.00. The second kappa shape index (κ2) is 25.2. The van der Waals surface area contributed by atoms with E-state index in [2.05, 4.69) is 0 Å². The zero-order valence-corrected chi connectivity index (χ0v) is 8.42. The molecule has 4 nitrogen and oxygen atoms in total. The second-order valence-corrected chi connectivity index (χ2v) is 1.05. The van der Waals surface area contributed by atoms with Crippen LogP contribution in [0.4, 0.5) is 0 Å². The topological polar surface area (TPSA) is 113 Å². The summed E-state index contributed by atoms with van der Waals surface area (Å²) in [5, 5.41) is 9.53. The molecular weight excluding hydrogens is 279 g/mol. The van der Waals surface area contributed by atoms with Crippen LogP contribution in [0.25, 0.3) is 0 Å². The molecule has 0 aliphatic rings. The molecule has 3 N–H and O–H groups in total. The molecule has 0 unspecified atom stereocenters. The minimum atomic E-state index is -0.417. The Balaban J connectivity index is -0.00000000750. The zero-order valence-electron chi connectivity index (χ0n) is 4.83. The Kier molecular flexibility index (Phi) is 119. The van der Waals surface area contributed by atoms with Crippen LogP contribution in [0.5, 0.6) is 0 Å². The molecule has 0 aliphatic carbocycles. The third-order valence-corrected chi connectivity index (χ3v) is 0. The van der Waals surface area contributed by atoms with Gasteiger partial charge in [0.2, 0.25) is 0 Å². The molecule has 0 radical (unpaired) electrons. The van der Waals surface area contributed by atoms with Gasteiger partial charge in [-0.1, -0.05) is 13.8 Å². The summed E-state index contributed by atoms with van der Waals surface area (Å²) in [6.07, 6.45) is -0.417. The normalized spacial score (nSPS) is 4.50. The average molecular weight is 289 g/mol. The summed E-state index contributed by atoms with van der Waals surface area (Å²) < 4.78 is 0. The predicted octanol–water partition coefficient (Wildman–Crippen LogP) is -0.778. The largest absolute Gasteiger partial charge is 4.00 e. The van der Waals surface area contributed by atoms with E-state index in [0.717, 1.165) is 0 Å². The molecule has 0 saturated heterocycles. The quantitative estimate of drug-likeness (QED) is 0.544. The van der Waals surface area contributed by atoms with E-state index in [0.29, 0.717) is 0 Å². The third-order valence-electron chi connectivity index (χ3n) is 0. The monoisotopic (exact) mass is 290 g/mol. The van der Waals surface area contributed by atoms with Crippen molar-refractivity contribution in [1.29, 1.82) is 0 Å². The molecule has 0 aromatic rings. The first kappa shape index (κ1) is 37.6. The Bertz CT molecular complexity index is 16.0. The van der Waals surface area contributed by atoms with Crippen molar-refractivity contribution in [1.82, 2.24) is 0 Å². The van der Waals surface area contributed by atoms with E-state index in [1.807, 2.05) is 0 Å². The fourth-order valence-corrected chi connectivity index (χ4v) is 0. The van der Waals surface area contributed by atoms with Gasteiger partial charge in [0.15, 0.2) is 0 Å². The molecule has 0 saturated carbocycles. The molecule has 0 fully saturated rings. The molecule has 0 aliphatic heterocycles. The fourth-order valence-electron chi connectivity index (χ4n) is 0. The van der Waals surface area contributed by atoms with Gasteiger partial charge in [-0.15, -0.1) is 6.10 Å². The van der Waals surface area contributed by atoms with Gasteiger partial charge in [0.05, 0.1) is 0 Å². The van der Waals surface area contributed by atoms with Crippen LogP contribution in [0.1, 0.15) is 13.8 Å². The number of hydrogen-bond acceptors (Lipinski definition) is 4.